The summed E-state index contributed by atoms with van der Waals surface area (Å²) in [5.41, 5.74) is 0. The van der Waals surface area contributed by atoms with Gasteiger partial charge in [-0.1, -0.05) is 71.1 Å². The fraction of sp³-hybridized carbons (Fsp3) is 0.938. The van der Waals surface area contributed by atoms with Crippen LogP contribution in [-0.2, 0) is 9.53 Å². The maximum absolute atomic E-state index is 10.6. The zero-order valence-corrected chi connectivity index (χ0v) is 12.8. The molecule has 1 N–H and O–H groups in total. The number of hydrogen-bond donors (Lipinski definition) is 1. The molecule has 3 nitrogen and oxygen atoms in total. The molecule has 0 aromatic heterocycles. The Morgan fingerprint density at radius 3 is 1.85 bits per heavy atom. The minimum absolute atomic E-state index is 0. The number of carbonyl (C=O) groups excluding carboxylic acids is 1. The van der Waals surface area contributed by atoms with Crippen LogP contribution < -0.4 is 0 Å². The summed E-state index contributed by atoms with van der Waals surface area (Å²) in [5.74, 6) is -0.317. The molecule has 0 heterocycles. The van der Waals surface area contributed by atoms with Crippen LogP contribution >= 0.6 is 0 Å². The Kier molecular flexibility index (Phi) is 19.8. The third-order valence-corrected chi connectivity index (χ3v) is 3.37. The molecule has 0 rings (SSSR count). The molecule has 0 bridgehead atoms. The summed E-state index contributed by atoms with van der Waals surface area (Å²) in [5, 5.41) is 9.54. The monoisotopic (exact) mass is 296 g/mol. The van der Waals surface area contributed by atoms with E-state index in [1.165, 1.54) is 64.7 Å². The Morgan fingerprint density at radius 2 is 1.40 bits per heavy atom. The third-order valence-electron chi connectivity index (χ3n) is 3.37. The number of ether oxygens (including phenoxy) is 1. The minimum atomic E-state index is -0.488. The first-order valence-electron chi connectivity index (χ1n) is 7.98. The van der Waals surface area contributed by atoms with Gasteiger partial charge in [0, 0.05) is 6.92 Å². The van der Waals surface area contributed by atoms with E-state index in [1.807, 2.05) is 0 Å². The van der Waals surface area contributed by atoms with Gasteiger partial charge in [0.05, 0.1) is 6.10 Å². The molecule has 1 atom stereocenters. The number of rotatable bonds is 13. The van der Waals surface area contributed by atoms with E-state index in [1.54, 1.807) is 0 Å². The fourth-order valence-electron chi connectivity index (χ4n) is 2.16. The van der Waals surface area contributed by atoms with Crippen LogP contribution in [0, 0.1) is 0 Å². The molecule has 20 heavy (non-hydrogen) atoms. The van der Waals surface area contributed by atoms with Gasteiger partial charge in [0.2, 0.25) is 0 Å². The van der Waals surface area contributed by atoms with Crippen molar-refractivity contribution in [1.82, 2.24) is 0 Å². The van der Waals surface area contributed by atoms with E-state index in [2.05, 4.69) is 6.92 Å². The average Bonchev–Trinajstić information content (AvgIpc) is 2.38. The van der Waals surface area contributed by atoms with Crippen LogP contribution in [0.4, 0.5) is 0 Å². The molecule has 0 aromatic carbocycles. The zero-order valence-electron chi connectivity index (χ0n) is 12.8. The van der Waals surface area contributed by atoms with Crippen LogP contribution in [0.25, 0.3) is 0 Å². The molecular weight excluding hydrogens is 263 g/mol. The van der Waals surface area contributed by atoms with Crippen molar-refractivity contribution in [2.75, 3.05) is 6.61 Å². The number of carbonyl (C=O) groups is 1. The van der Waals surface area contributed by atoms with Crippen molar-refractivity contribution >= 4 is 35.5 Å². The molecule has 0 aromatic rings. The Bertz CT molecular complexity index is 210. The van der Waals surface area contributed by atoms with E-state index < -0.39 is 6.10 Å². The van der Waals surface area contributed by atoms with Crippen LogP contribution in [0.2, 0.25) is 0 Å². The molecule has 0 spiro atoms. The third kappa shape index (κ3) is 18.4. The normalized spacial score (nSPS) is 11.8. The number of aliphatic hydroxyl groups excluding tert-OH is 1. The Balaban J connectivity index is 0. The van der Waals surface area contributed by atoms with E-state index in [4.69, 9.17) is 4.74 Å². The topological polar surface area (TPSA) is 46.5 Å². The van der Waals surface area contributed by atoms with Gasteiger partial charge in [-0.25, -0.2) is 0 Å². The Labute approximate surface area is 147 Å². The molecule has 0 radical (unpaired) electrons. The van der Waals surface area contributed by atoms with E-state index in [9.17, 15) is 9.90 Å². The zero-order chi connectivity index (χ0) is 14.3. The summed E-state index contributed by atoms with van der Waals surface area (Å²) in [4.78, 5) is 10.6. The molecule has 4 heteroatoms. The van der Waals surface area contributed by atoms with E-state index in [0.29, 0.717) is 0 Å². The van der Waals surface area contributed by atoms with Crippen LogP contribution in [0.15, 0.2) is 0 Å². The van der Waals surface area contributed by atoms with Crippen LogP contribution in [0.3, 0.4) is 0 Å². The molecule has 0 aliphatic carbocycles. The molecule has 0 saturated carbocycles. The Hall–Kier alpha value is 0.430. The van der Waals surface area contributed by atoms with Gasteiger partial charge in [0.15, 0.2) is 0 Å². The van der Waals surface area contributed by atoms with Gasteiger partial charge in [-0.2, -0.15) is 0 Å². The van der Waals surface area contributed by atoms with Crippen LogP contribution in [-0.4, -0.2) is 53.3 Å². The Morgan fingerprint density at radius 1 is 0.950 bits per heavy atom. The van der Waals surface area contributed by atoms with Gasteiger partial charge in [0.1, 0.15) is 6.61 Å². The second kappa shape index (κ2) is 17.5. The van der Waals surface area contributed by atoms with Crippen molar-refractivity contribution in [2.24, 2.45) is 0 Å². The molecule has 1 unspecified atom stereocenters. The first kappa shape index (κ1) is 22.7. The summed E-state index contributed by atoms with van der Waals surface area (Å²) in [6.07, 6.45) is 13.2. The van der Waals surface area contributed by atoms with Crippen molar-refractivity contribution in [3.8, 4) is 0 Å². The second-order valence-electron chi connectivity index (χ2n) is 5.43. The molecule has 116 valence electrons. The first-order valence-corrected chi connectivity index (χ1v) is 7.98. The molecular formula is C16H33NaO3. The van der Waals surface area contributed by atoms with Gasteiger partial charge >= 0.3 is 35.5 Å². The summed E-state index contributed by atoms with van der Waals surface area (Å²) in [6, 6.07) is 0. The van der Waals surface area contributed by atoms with Gasteiger partial charge in [-0.3, -0.25) is 4.79 Å². The second-order valence-corrected chi connectivity index (χ2v) is 5.43. The maximum atomic E-state index is 10.6. The van der Waals surface area contributed by atoms with Crippen molar-refractivity contribution < 1.29 is 14.6 Å². The van der Waals surface area contributed by atoms with Crippen LogP contribution in [0.5, 0.6) is 0 Å². The van der Waals surface area contributed by atoms with Crippen molar-refractivity contribution in [3.05, 3.63) is 0 Å². The molecule has 0 aliphatic heterocycles. The fourth-order valence-corrected chi connectivity index (χ4v) is 2.16. The summed E-state index contributed by atoms with van der Waals surface area (Å²) < 4.78 is 4.76. The van der Waals surface area contributed by atoms with Crippen LogP contribution in [0.1, 0.15) is 84.5 Å². The molecule has 0 amide bonds. The van der Waals surface area contributed by atoms with Crippen molar-refractivity contribution in [3.63, 3.8) is 0 Å². The number of unbranched alkanes of at least 4 members (excludes halogenated alkanes) is 9. The summed E-state index contributed by atoms with van der Waals surface area (Å²) >= 11 is 0. The van der Waals surface area contributed by atoms with E-state index >= 15 is 0 Å². The SMILES string of the molecule is CCCCCCCCCCCCC(O)COC(C)=O.[NaH]. The molecule has 0 saturated heterocycles. The predicted octanol–water partition coefficient (Wildman–Crippen LogP) is 3.57. The average molecular weight is 296 g/mol. The quantitative estimate of drug-likeness (QED) is 0.321. The van der Waals surface area contributed by atoms with Gasteiger partial charge < -0.3 is 9.84 Å². The summed E-state index contributed by atoms with van der Waals surface area (Å²) in [7, 11) is 0. The van der Waals surface area contributed by atoms with Crippen molar-refractivity contribution in [2.45, 2.75) is 90.6 Å². The van der Waals surface area contributed by atoms with Gasteiger partial charge in [-0.15, -0.1) is 0 Å². The predicted molar refractivity (Wildman–Crippen MR) is 86.2 cm³/mol. The van der Waals surface area contributed by atoms with E-state index in [0.717, 1.165) is 12.8 Å². The molecule has 0 fully saturated rings. The standard InChI is InChI=1S/C16H32O3.Na.H/c1-3-4-5-6-7-8-9-10-11-12-13-16(18)14-19-15(2)17;;/h16,18H,3-14H2,1-2H3;;. The number of aliphatic hydroxyl groups is 1. The number of hydrogen-bond acceptors (Lipinski definition) is 3. The van der Waals surface area contributed by atoms with E-state index in [-0.39, 0.29) is 42.1 Å². The van der Waals surface area contributed by atoms with Gasteiger partial charge in [0.25, 0.3) is 0 Å². The summed E-state index contributed by atoms with van der Waals surface area (Å²) in [6.45, 7) is 3.76. The molecule has 0 aliphatic rings. The first-order chi connectivity index (χ1) is 9.16. The van der Waals surface area contributed by atoms with Gasteiger partial charge in [-0.05, 0) is 6.42 Å². The number of esters is 1. The van der Waals surface area contributed by atoms with Crippen molar-refractivity contribution in [1.29, 1.82) is 0 Å².